The third-order valence-electron chi connectivity index (χ3n) is 6.53. The van der Waals surface area contributed by atoms with E-state index in [1.54, 1.807) is 0 Å². The number of hydrogen-bond donors (Lipinski definition) is 0. The average Bonchev–Trinajstić information content (AvgIpc) is 3.35. The second kappa shape index (κ2) is 7.33. The summed E-state index contributed by atoms with van der Waals surface area (Å²) in [6.45, 7) is 13.7. The predicted octanol–water partition coefficient (Wildman–Crippen LogP) is 2.69. The van der Waals surface area contributed by atoms with Crippen LogP contribution in [0.3, 0.4) is 0 Å². The van der Waals surface area contributed by atoms with Crippen LogP contribution in [0, 0.1) is 17.3 Å². The van der Waals surface area contributed by atoms with E-state index in [9.17, 15) is 4.79 Å². The Morgan fingerprint density at radius 3 is 2.42 bits per heavy atom. The summed E-state index contributed by atoms with van der Waals surface area (Å²) in [7, 11) is 2.23. The summed E-state index contributed by atoms with van der Waals surface area (Å²) < 4.78 is 0. The molecule has 0 aromatic carbocycles. The summed E-state index contributed by atoms with van der Waals surface area (Å²) in [6.07, 6.45) is 5.93. The topological polar surface area (TPSA) is 26.8 Å². The summed E-state index contributed by atoms with van der Waals surface area (Å²) in [5.74, 6) is 1.73. The van der Waals surface area contributed by atoms with Crippen LogP contribution >= 0.6 is 0 Å². The Bertz CT molecular complexity index is 438. The Kier molecular flexibility index (Phi) is 5.55. The number of nitrogens with zero attached hydrogens (tertiary/aromatic N) is 3. The molecule has 0 radical (unpaired) electrons. The zero-order valence-electron chi connectivity index (χ0n) is 16.3. The lowest BCUT2D eigenvalue weighted by atomic mass is 9.80. The maximum atomic E-state index is 12.7. The lowest BCUT2D eigenvalue weighted by molar-refractivity contribution is -0.133. The van der Waals surface area contributed by atoms with Gasteiger partial charge in [-0.2, -0.15) is 0 Å². The summed E-state index contributed by atoms with van der Waals surface area (Å²) in [4.78, 5) is 20.1. The minimum atomic E-state index is 0.399. The van der Waals surface area contributed by atoms with Crippen LogP contribution in [-0.4, -0.2) is 73.0 Å². The van der Waals surface area contributed by atoms with E-state index in [2.05, 4.69) is 42.5 Å². The van der Waals surface area contributed by atoms with Gasteiger partial charge in [0.15, 0.2) is 0 Å². The highest BCUT2D eigenvalue weighted by Crippen LogP contribution is 2.34. The Morgan fingerprint density at radius 2 is 1.83 bits per heavy atom. The van der Waals surface area contributed by atoms with Crippen molar-refractivity contribution in [3.63, 3.8) is 0 Å². The molecule has 1 saturated carbocycles. The number of carbonyl (C=O) groups excluding carboxylic acids is 1. The molecule has 0 aromatic rings. The van der Waals surface area contributed by atoms with Crippen LogP contribution in [-0.2, 0) is 4.79 Å². The summed E-state index contributed by atoms with van der Waals surface area (Å²) in [6, 6.07) is 0.399. The first-order chi connectivity index (χ1) is 11.4. The molecule has 3 fully saturated rings. The molecule has 3 rings (SSSR count). The van der Waals surface area contributed by atoms with Crippen LogP contribution in [0.25, 0.3) is 0 Å². The average molecular weight is 336 g/mol. The van der Waals surface area contributed by atoms with Crippen molar-refractivity contribution in [2.45, 2.75) is 58.9 Å². The monoisotopic (exact) mass is 335 g/mol. The molecule has 0 unspecified atom stereocenters. The molecule has 3 aliphatic rings. The number of carbonyl (C=O) groups is 1. The molecule has 2 aliphatic heterocycles. The van der Waals surface area contributed by atoms with Gasteiger partial charge in [-0.25, -0.2) is 0 Å². The Morgan fingerprint density at radius 1 is 1.17 bits per heavy atom. The summed E-state index contributed by atoms with van der Waals surface area (Å²) in [5.41, 5.74) is 0.419. The highest BCUT2D eigenvalue weighted by molar-refractivity contribution is 5.77. The molecule has 4 nitrogen and oxygen atoms in total. The smallest absolute Gasteiger partial charge is 0.224 e. The molecule has 2 heterocycles. The Hall–Kier alpha value is -0.610. The van der Waals surface area contributed by atoms with Gasteiger partial charge in [-0.15, -0.1) is 0 Å². The van der Waals surface area contributed by atoms with Gasteiger partial charge in [0.05, 0.1) is 0 Å². The van der Waals surface area contributed by atoms with Crippen LogP contribution < -0.4 is 0 Å². The maximum Gasteiger partial charge on any atom is 0.224 e. The largest absolute Gasteiger partial charge is 0.338 e. The standard InChI is InChI=1S/C20H37N3O/c1-16(2)18-14-22(15-20(3)8-11-21(4)12-9-20)10-7-19(24)23(18)13-17-5-6-17/h16-18H,5-15H2,1-4H3/t18-/m0/s1. The number of likely N-dealkylation sites (tertiary alicyclic amines) is 1. The fourth-order valence-electron chi connectivity index (χ4n) is 4.42. The SMILES string of the molecule is CC(C)[C@@H]1CN(CC2(C)CCN(C)CC2)CCC(=O)N1CC1CC1. The van der Waals surface area contributed by atoms with Gasteiger partial charge < -0.3 is 14.7 Å². The highest BCUT2D eigenvalue weighted by atomic mass is 16.2. The molecule has 24 heavy (non-hydrogen) atoms. The minimum absolute atomic E-state index is 0.399. The van der Waals surface area contributed by atoms with Gasteiger partial charge in [-0.05, 0) is 63.1 Å². The van der Waals surface area contributed by atoms with Crippen molar-refractivity contribution in [3.05, 3.63) is 0 Å². The van der Waals surface area contributed by atoms with Crippen molar-refractivity contribution >= 4 is 5.91 Å². The van der Waals surface area contributed by atoms with Crippen molar-refractivity contribution < 1.29 is 4.79 Å². The van der Waals surface area contributed by atoms with E-state index in [1.807, 2.05) is 0 Å². The molecular weight excluding hydrogens is 298 g/mol. The third kappa shape index (κ3) is 4.51. The van der Waals surface area contributed by atoms with Gasteiger partial charge in [0.2, 0.25) is 5.91 Å². The summed E-state index contributed by atoms with van der Waals surface area (Å²) >= 11 is 0. The molecule has 0 N–H and O–H groups in total. The zero-order chi connectivity index (χ0) is 17.3. The maximum absolute atomic E-state index is 12.7. The van der Waals surface area contributed by atoms with Gasteiger partial charge in [-0.1, -0.05) is 20.8 Å². The van der Waals surface area contributed by atoms with E-state index in [0.29, 0.717) is 29.7 Å². The second-order valence-corrected chi connectivity index (χ2v) is 9.40. The summed E-state index contributed by atoms with van der Waals surface area (Å²) in [5, 5.41) is 0. The van der Waals surface area contributed by atoms with Crippen molar-refractivity contribution in [1.82, 2.24) is 14.7 Å². The molecule has 4 heteroatoms. The number of rotatable bonds is 5. The van der Waals surface area contributed by atoms with E-state index in [4.69, 9.17) is 0 Å². The predicted molar refractivity (Wildman–Crippen MR) is 99.0 cm³/mol. The first-order valence-electron chi connectivity index (χ1n) is 10.1. The third-order valence-corrected chi connectivity index (χ3v) is 6.53. The lowest BCUT2D eigenvalue weighted by Crippen LogP contribution is -2.49. The first-order valence-corrected chi connectivity index (χ1v) is 10.1. The van der Waals surface area contributed by atoms with E-state index in [-0.39, 0.29) is 0 Å². The van der Waals surface area contributed by atoms with E-state index in [0.717, 1.165) is 32.1 Å². The van der Waals surface area contributed by atoms with Gasteiger partial charge in [0.1, 0.15) is 0 Å². The fraction of sp³-hybridized carbons (Fsp3) is 0.950. The lowest BCUT2D eigenvalue weighted by Gasteiger charge is -2.42. The molecule has 1 aliphatic carbocycles. The molecule has 1 atom stereocenters. The zero-order valence-corrected chi connectivity index (χ0v) is 16.3. The number of amides is 1. The highest BCUT2D eigenvalue weighted by Gasteiger charge is 2.38. The van der Waals surface area contributed by atoms with Crippen molar-refractivity contribution in [2.24, 2.45) is 17.3 Å². The number of piperidine rings is 1. The minimum Gasteiger partial charge on any atom is -0.338 e. The molecule has 2 saturated heterocycles. The van der Waals surface area contributed by atoms with Crippen molar-refractivity contribution in [1.29, 1.82) is 0 Å². The molecule has 0 spiro atoms. The molecule has 0 bridgehead atoms. The quantitative estimate of drug-likeness (QED) is 0.773. The van der Waals surface area contributed by atoms with Crippen LogP contribution in [0.4, 0.5) is 0 Å². The molecule has 1 amide bonds. The Balaban J connectivity index is 1.65. The first kappa shape index (κ1) is 18.2. The van der Waals surface area contributed by atoms with Crippen LogP contribution in [0.1, 0.15) is 52.9 Å². The van der Waals surface area contributed by atoms with E-state index < -0.39 is 0 Å². The van der Waals surface area contributed by atoms with Gasteiger partial charge in [-0.3, -0.25) is 4.79 Å². The molecular formula is C20H37N3O. The fourth-order valence-corrected chi connectivity index (χ4v) is 4.42. The number of hydrogen-bond acceptors (Lipinski definition) is 3. The Labute approximate surface area is 148 Å². The van der Waals surface area contributed by atoms with Crippen LogP contribution in [0.15, 0.2) is 0 Å². The second-order valence-electron chi connectivity index (χ2n) is 9.40. The van der Waals surface area contributed by atoms with E-state index in [1.165, 1.54) is 38.8 Å². The van der Waals surface area contributed by atoms with Gasteiger partial charge in [0.25, 0.3) is 0 Å². The van der Waals surface area contributed by atoms with Crippen LogP contribution in [0.2, 0.25) is 0 Å². The van der Waals surface area contributed by atoms with Crippen molar-refractivity contribution in [3.8, 4) is 0 Å². The molecule has 138 valence electrons. The normalized spacial score (nSPS) is 30.0. The van der Waals surface area contributed by atoms with Crippen LogP contribution in [0.5, 0.6) is 0 Å². The van der Waals surface area contributed by atoms with Crippen molar-refractivity contribution in [2.75, 3.05) is 46.3 Å². The molecule has 0 aromatic heterocycles. The van der Waals surface area contributed by atoms with Gasteiger partial charge in [0, 0.05) is 38.6 Å². The van der Waals surface area contributed by atoms with Gasteiger partial charge >= 0.3 is 0 Å². The van der Waals surface area contributed by atoms with E-state index >= 15 is 0 Å².